The number of phenols is 1. The Balaban J connectivity index is 2.81. The maximum atomic E-state index is 11.4. The van der Waals surface area contributed by atoms with E-state index < -0.39 is 5.97 Å². The smallest absolute Gasteiger partial charge is 0.341 e. The largest absolute Gasteiger partial charge is 0.507 e. The fourth-order valence-electron chi connectivity index (χ4n) is 1.24. The van der Waals surface area contributed by atoms with Gasteiger partial charge in [-0.3, -0.25) is 0 Å². The van der Waals surface area contributed by atoms with Crippen LogP contribution in [-0.2, 0) is 11.2 Å². The second-order valence-electron chi connectivity index (χ2n) is 3.34. The molecule has 0 radical (unpaired) electrons. The van der Waals surface area contributed by atoms with Crippen molar-refractivity contribution in [1.82, 2.24) is 0 Å². The van der Waals surface area contributed by atoms with Gasteiger partial charge in [-0.1, -0.05) is 19.9 Å². The summed E-state index contributed by atoms with van der Waals surface area (Å²) in [7, 11) is 0. The molecule has 0 saturated heterocycles. The third-order valence-corrected chi connectivity index (χ3v) is 2.13. The molecule has 3 heteroatoms. The van der Waals surface area contributed by atoms with Crippen LogP contribution in [0.2, 0.25) is 0 Å². The molecule has 0 aliphatic rings. The Morgan fingerprint density at radius 3 is 2.67 bits per heavy atom. The normalized spacial score (nSPS) is 10.0. The van der Waals surface area contributed by atoms with E-state index in [0.717, 1.165) is 18.4 Å². The fourth-order valence-corrected chi connectivity index (χ4v) is 1.24. The van der Waals surface area contributed by atoms with Gasteiger partial charge in [-0.15, -0.1) is 0 Å². The molecule has 0 amide bonds. The standard InChI is InChI=1S/C12H16O3/c1-3-7-15-12(14)10-6-5-9(4-2)8-11(10)13/h5-6,8,13H,3-4,7H2,1-2H3. The topological polar surface area (TPSA) is 46.5 Å². The van der Waals surface area contributed by atoms with Crippen LogP contribution >= 0.6 is 0 Å². The number of benzene rings is 1. The van der Waals surface area contributed by atoms with Gasteiger partial charge in [0, 0.05) is 0 Å². The van der Waals surface area contributed by atoms with Crippen LogP contribution in [-0.4, -0.2) is 17.7 Å². The highest BCUT2D eigenvalue weighted by Gasteiger charge is 2.12. The first-order chi connectivity index (χ1) is 7.19. The summed E-state index contributed by atoms with van der Waals surface area (Å²) in [6.07, 6.45) is 1.61. The number of hydrogen-bond donors (Lipinski definition) is 1. The van der Waals surface area contributed by atoms with Gasteiger partial charge in [0.1, 0.15) is 11.3 Å². The van der Waals surface area contributed by atoms with Gasteiger partial charge in [0.15, 0.2) is 0 Å². The van der Waals surface area contributed by atoms with Crippen LogP contribution in [0.15, 0.2) is 18.2 Å². The van der Waals surface area contributed by atoms with E-state index in [1.165, 1.54) is 0 Å². The second-order valence-corrected chi connectivity index (χ2v) is 3.34. The average molecular weight is 208 g/mol. The highest BCUT2D eigenvalue weighted by Crippen LogP contribution is 2.20. The Hall–Kier alpha value is -1.51. The van der Waals surface area contributed by atoms with E-state index in [9.17, 15) is 9.90 Å². The second kappa shape index (κ2) is 5.39. The Kier molecular flexibility index (Phi) is 4.16. The molecule has 3 nitrogen and oxygen atoms in total. The van der Waals surface area contributed by atoms with Crippen LogP contribution < -0.4 is 0 Å². The number of esters is 1. The summed E-state index contributed by atoms with van der Waals surface area (Å²) >= 11 is 0. The molecule has 1 N–H and O–H groups in total. The van der Waals surface area contributed by atoms with Crippen molar-refractivity contribution in [3.8, 4) is 5.75 Å². The minimum absolute atomic E-state index is 0.00421. The molecule has 0 saturated carbocycles. The summed E-state index contributed by atoms with van der Waals surface area (Å²) in [5.41, 5.74) is 1.24. The monoisotopic (exact) mass is 208 g/mol. The highest BCUT2D eigenvalue weighted by molar-refractivity contribution is 5.92. The molecule has 82 valence electrons. The zero-order chi connectivity index (χ0) is 11.3. The summed E-state index contributed by atoms with van der Waals surface area (Å²) in [5.74, 6) is -0.465. The van der Waals surface area contributed by atoms with Gasteiger partial charge >= 0.3 is 5.97 Å². The van der Waals surface area contributed by atoms with Gasteiger partial charge in [-0.05, 0) is 30.5 Å². The van der Waals surface area contributed by atoms with E-state index in [2.05, 4.69) is 0 Å². The number of hydrogen-bond acceptors (Lipinski definition) is 3. The first-order valence-corrected chi connectivity index (χ1v) is 5.18. The molecule has 0 spiro atoms. The molecule has 0 fully saturated rings. The Bertz CT molecular complexity index is 345. The van der Waals surface area contributed by atoms with Crippen molar-refractivity contribution in [3.63, 3.8) is 0 Å². The van der Waals surface area contributed by atoms with Crippen molar-refractivity contribution in [2.24, 2.45) is 0 Å². The SMILES string of the molecule is CCCOC(=O)c1ccc(CC)cc1O. The Morgan fingerprint density at radius 1 is 1.40 bits per heavy atom. The molecular formula is C12H16O3. The lowest BCUT2D eigenvalue weighted by Crippen LogP contribution is -2.06. The molecule has 1 aromatic rings. The van der Waals surface area contributed by atoms with Crippen molar-refractivity contribution < 1.29 is 14.6 Å². The van der Waals surface area contributed by atoms with Gasteiger partial charge in [-0.25, -0.2) is 4.79 Å². The van der Waals surface area contributed by atoms with E-state index in [0.29, 0.717) is 6.61 Å². The zero-order valence-electron chi connectivity index (χ0n) is 9.12. The lowest BCUT2D eigenvalue weighted by molar-refractivity contribution is 0.0502. The molecule has 15 heavy (non-hydrogen) atoms. The van der Waals surface area contributed by atoms with Crippen molar-refractivity contribution >= 4 is 5.97 Å². The van der Waals surface area contributed by atoms with Gasteiger partial charge < -0.3 is 9.84 Å². The molecular weight excluding hydrogens is 192 g/mol. The van der Waals surface area contributed by atoms with Gasteiger partial charge in [0.05, 0.1) is 6.61 Å². The van der Waals surface area contributed by atoms with Crippen molar-refractivity contribution in [3.05, 3.63) is 29.3 Å². The van der Waals surface area contributed by atoms with E-state index in [1.54, 1.807) is 12.1 Å². The molecule has 1 aromatic carbocycles. The maximum Gasteiger partial charge on any atom is 0.341 e. The number of phenolic OH excluding ortho intramolecular Hbond substituents is 1. The molecule has 0 bridgehead atoms. The van der Waals surface area contributed by atoms with E-state index >= 15 is 0 Å². The lowest BCUT2D eigenvalue weighted by atomic mass is 10.1. The third kappa shape index (κ3) is 2.98. The fraction of sp³-hybridized carbons (Fsp3) is 0.417. The highest BCUT2D eigenvalue weighted by atomic mass is 16.5. The zero-order valence-corrected chi connectivity index (χ0v) is 9.12. The van der Waals surface area contributed by atoms with Gasteiger partial charge in [-0.2, -0.15) is 0 Å². The van der Waals surface area contributed by atoms with Crippen LogP contribution in [0.1, 0.15) is 36.2 Å². The lowest BCUT2D eigenvalue weighted by Gasteiger charge is -2.06. The summed E-state index contributed by atoms with van der Waals surface area (Å²) in [5, 5.41) is 9.59. The van der Waals surface area contributed by atoms with E-state index in [1.807, 2.05) is 19.9 Å². The molecule has 0 heterocycles. The molecule has 0 aliphatic carbocycles. The number of aromatic hydroxyl groups is 1. The van der Waals surface area contributed by atoms with Gasteiger partial charge in [0.25, 0.3) is 0 Å². The number of carbonyl (C=O) groups excluding carboxylic acids is 1. The first kappa shape index (κ1) is 11.6. The third-order valence-electron chi connectivity index (χ3n) is 2.13. The Labute approximate surface area is 89.7 Å². The quantitative estimate of drug-likeness (QED) is 0.773. The minimum atomic E-state index is -0.461. The summed E-state index contributed by atoms with van der Waals surface area (Å²) in [6, 6.07) is 5.02. The number of ether oxygens (including phenoxy) is 1. The minimum Gasteiger partial charge on any atom is -0.507 e. The predicted molar refractivity (Wildman–Crippen MR) is 58.1 cm³/mol. The van der Waals surface area contributed by atoms with Crippen LogP contribution in [0.4, 0.5) is 0 Å². The van der Waals surface area contributed by atoms with Crippen molar-refractivity contribution in [2.45, 2.75) is 26.7 Å². The van der Waals surface area contributed by atoms with Gasteiger partial charge in [0.2, 0.25) is 0 Å². The maximum absolute atomic E-state index is 11.4. The molecule has 0 unspecified atom stereocenters. The molecule has 1 rings (SSSR count). The molecule has 0 aromatic heterocycles. The number of carbonyl (C=O) groups is 1. The van der Waals surface area contributed by atoms with Crippen molar-refractivity contribution in [2.75, 3.05) is 6.61 Å². The van der Waals surface area contributed by atoms with Crippen molar-refractivity contribution in [1.29, 1.82) is 0 Å². The van der Waals surface area contributed by atoms with Crippen LogP contribution in [0.3, 0.4) is 0 Å². The van der Waals surface area contributed by atoms with E-state index in [4.69, 9.17) is 4.74 Å². The van der Waals surface area contributed by atoms with Crippen LogP contribution in [0.25, 0.3) is 0 Å². The van der Waals surface area contributed by atoms with Crippen LogP contribution in [0, 0.1) is 0 Å². The number of rotatable bonds is 4. The average Bonchev–Trinajstić information content (AvgIpc) is 2.25. The number of aryl methyl sites for hydroxylation is 1. The molecule has 0 atom stereocenters. The first-order valence-electron chi connectivity index (χ1n) is 5.18. The Morgan fingerprint density at radius 2 is 2.13 bits per heavy atom. The summed E-state index contributed by atoms with van der Waals surface area (Å²) < 4.78 is 4.93. The van der Waals surface area contributed by atoms with E-state index in [-0.39, 0.29) is 11.3 Å². The summed E-state index contributed by atoms with van der Waals surface area (Å²) in [4.78, 5) is 11.4. The predicted octanol–water partition coefficient (Wildman–Crippen LogP) is 2.52. The molecule has 0 aliphatic heterocycles. The van der Waals surface area contributed by atoms with Crippen LogP contribution in [0.5, 0.6) is 5.75 Å². The summed E-state index contributed by atoms with van der Waals surface area (Å²) in [6.45, 7) is 4.30.